The maximum Gasteiger partial charge on any atom is 0.0546 e. The summed E-state index contributed by atoms with van der Waals surface area (Å²) in [4.78, 5) is 0. The van der Waals surface area contributed by atoms with Gasteiger partial charge < -0.3 is 11.1 Å². The van der Waals surface area contributed by atoms with E-state index in [0.29, 0.717) is 5.92 Å². The third-order valence-electron chi connectivity index (χ3n) is 1.39. The van der Waals surface area contributed by atoms with Crippen molar-refractivity contribution in [3.8, 4) is 0 Å². The Morgan fingerprint density at radius 3 is 2.40 bits per heavy atom. The predicted molar refractivity (Wildman–Crippen MR) is 45.7 cm³/mol. The molecule has 0 saturated heterocycles. The lowest BCUT2D eigenvalue weighted by Gasteiger charge is -2.13. The molecule has 62 valence electrons. The molecule has 0 aliphatic rings. The molecule has 2 nitrogen and oxygen atoms in total. The number of hydrogen-bond acceptors (Lipinski definition) is 2. The normalized spacial score (nSPS) is 14.1. The molecule has 0 aromatic rings. The first-order valence-electron chi connectivity index (χ1n) is 4.15. The third-order valence-corrected chi connectivity index (χ3v) is 1.39. The van der Waals surface area contributed by atoms with E-state index in [1.54, 1.807) is 0 Å². The fourth-order valence-electron chi connectivity index (χ4n) is 0.800. The van der Waals surface area contributed by atoms with E-state index in [-0.39, 0.29) is 6.17 Å². The summed E-state index contributed by atoms with van der Waals surface area (Å²) in [5.41, 5.74) is 5.72. The average molecular weight is 144 g/mol. The largest absolute Gasteiger partial charge is 0.316 e. The van der Waals surface area contributed by atoms with Crippen LogP contribution in [0.2, 0.25) is 0 Å². The first-order valence-corrected chi connectivity index (χ1v) is 4.15. The van der Waals surface area contributed by atoms with Crippen molar-refractivity contribution in [3.05, 3.63) is 0 Å². The van der Waals surface area contributed by atoms with Crippen LogP contribution in [-0.2, 0) is 0 Å². The smallest absolute Gasteiger partial charge is 0.0546 e. The highest BCUT2D eigenvalue weighted by molar-refractivity contribution is 4.58. The molecule has 0 fully saturated rings. The van der Waals surface area contributed by atoms with Gasteiger partial charge in [0.2, 0.25) is 0 Å². The van der Waals surface area contributed by atoms with Gasteiger partial charge in [-0.15, -0.1) is 0 Å². The number of rotatable bonds is 5. The minimum Gasteiger partial charge on any atom is -0.316 e. The van der Waals surface area contributed by atoms with Crippen LogP contribution in [0, 0.1) is 5.92 Å². The van der Waals surface area contributed by atoms with Gasteiger partial charge in [-0.3, -0.25) is 0 Å². The molecule has 0 saturated carbocycles. The molecule has 0 aliphatic carbocycles. The van der Waals surface area contributed by atoms with E-state index >= 15 is 0 Å². The van der Waals surface area contributed by atoms with Crippen molar-refractivity contribution < 1.29 is 0 Å². The second kappa shape index (κ2) is 5.69. The SMILES string of the molecule is CCCC(N)NCC(C)C. The van der Waals surface area contributed by atoms with Gasteiger partial charge in [0, 0.05) is 0 Å². The minimum atomic E-state index is 0.201. The lowest BCUT2D eigenvalue weighted by Crippen LogP contribution is -2.39. The number of nitrogens with one attached hydrogen (secondary N) is 1. The van der Waals surface area contributed by atoms with Crippen molar-refractivity contribution in [2.24, 2.45) is 11.7 Å². The Labute approximate surface area is 64.2 Å². The molecule has 0 aromatic carbocycles. The molecule has 3 N–H and O–H groups in total. The van der Waals surface area contributed by atoms with Crippen LogP contribution in [0.5, 0.6) is 0 Å². The predicted octanol–water partition coefficient (Wildman–Crippen LogP) is 1.32. The number of nitrogens with two attached hydrogens (primary N) is 1. The van der Waals surface area contributed by atoms with Crippen molar-refractivity contribution in [1.29, 1.82) is 0 Å². The maximum atomic E-state index is 5.72. The van der Waals surface area contributed by atoms with Crippen LogP contribution in [0.4, 0.5) is 0 Å². The lowest BCUT2D eigenvalue weighted by atomic mass is 10.2. The van der Waals surface area contributed by atoms with Gasteiger partial charge in [-0.2, -0.15) is 0 Å². The summed E-state index contributed by atoms with van der Waals surface area (Å²) in [6.45, 7) is 7.55. The quantitative estimate of drug-likeness (QED) is 0.571. The summed E-state index contributed by atoms with van der Waals surface area (Å²) in [5.74, 6) is 0.697. The Balaban J connectivity index is 3.12. The van der Waals surface area contributed by atoms with Gasteiger partial charge in [-0.05, 0) is 18.9 Å². The van der Waals surface area contributed by atoms with Crippen molar-refractivity contribution in [3.63, 3.8) is 0 Å². The molecular weight excluding hydrogens is 124 g/mol. The Kier molecular flexibility index (Phi) is 5.64. The molecule has 0 rings (SSSR count). The molecule has 0 amide bonds. The van der Waals surface area contributed by atoms with Gasteiger partial charge in [0.1, 0.15) is 0 Å². The standard InChI is InChI=1S/C8H20N2/c1-4-5-8(9)10-6-7(2)3/h7-8,10H,4-6,9H2,1-3H3. The summed E-state index contributed by atoms with van der Waals surface area (Å²) in [6.07, 6.45) is 2.44. The summed E-state index contributed by atoms with van der Waals surface area (Å²) in [6, 6.07) is 0. The Bertz CT molecular complexity index is 71.7. The van der Waals surface area contributed by atoms with Gasteiger partial charge in [-0.25, -0.2) is 0 Å². The van der Waals surface area contributed by atoms with E-state index < -0.39 is 0 Å². The van der Waals surface area contributed by atoms with E-state index in [9.17, 15) is 0 Å². The van der Waals surface area contributed by atoms with Crippen LogP contribution in [0.25, 0.3) is 0 Å². The molecule has 0 heterocycles. The molecule has 0 aromatic heterocycles. The summed E-state index contributed by atoms with van der Waals surface area (Å²) in [7, 11) is 0. The van der Waals surface area contributed by atoms with Crippen LogP contribution in [0.3, 0.4) is 0 Å². The lowest BCUT2D eigenvalue weighted by molar-refractivity contribution is 0.447. The van der Waals surface area contributed by atoms with E-state index in [1.807, 2.05) is 0 Å². The van der Waals surface area contributed by atoms with Gasteiger partial charge in [0.15, 0.2) is 0 Å². The van der Waals surface area contributed by atoms with E-state index in [2.05, 4.69) is 26.1 Å². The second-order valence-corrected chi connectivity index (χ2v) is 3.20. The molecular formula is C8H20N2. The zero-order valence-electron chi connectivity index (χ0n) is 7.35. The van der Waals surface area contributed by atoms with Crippen LogP contribution in [-0.4, -0.2) is 12.7 Å². The van der Waals surface area contributed by atoms with Crippen molar-refractivity contribution in [2.45, 2.75) is 39.8 Å². The Morgan fingerprint density at radius 2 is 2.00 bits per heavy atom. The van der Waals surface area contributed by atoms with Gasteiger partial charge in [0.25, 0.3) is 0 Å². The maximum absolute atomic E-state index is 5.72. The number of hydrogen-bond donors (Lipinski definition) is 2. The Hall–Kier alpha value is -0.0800. The first kappa shape index (κ1) is 9.92. The Morgan fingerprint density at radius 1 is 1.40 bits per heavy atom. The second-order valence-electron chi connectivity index (χ2n) is 3.20. The molecule has 10 heavy (non-hydrogen) atoms. The third kappa shape index (κ3) is 6.05. The monoisotopic (exact) mass is 144 g/mol. The minimum absolute atomic E-state index is 0.201. The van der Waals surface area contributed by atoms with Crippen LogP contribution < -0.4 is 11.1 Å². The highest BCUT2D eigenvalue weighted by Gasteiger charge is 1.99. The van der Waals surface area contributed by atoms with Crippen LogP contribution in [0.15, 0.2) is 0 Å². The van der Waals surface area contributed by atoms with E-state index in [4.69, 9.17) is 5.73 Å². The van der Waals surface area contributed by atoms with E-state index in [1.165, 1.54) is 0 Å². The highest BCUT2D eigenvalue weighted by Crippen LogP contribution is 1.92. The first-order chi connectivity index (χ1) is 4.66. The topological polar surface area (TPSA) is 38.0 Å². The van der Waals surface area contributed by atoms with Crippen molar-refractivity contribution in [2.75, 3.05) is 6.54 Å². The molecule has 0 bridgehead atoms. The zero-order valence-corrected chi connectivity index (χ0v) is 7.35. The summed E-state index contributed by atoms with van der Waals surface area (Å²) < 4.78 is 0. The van der Waals surface area contributed by atoms with Gasteiger partial charge in [0.05, 0.1) is 6.17 Å². The van der Waals surface area contributed by atoms with Gasteiger partial charge in [-0.1, -0.05) is 27.2 Å². The molecule has 1 unspecified atom stereocenters. The van der Waals surface area contributed by atoms with Gasteiger partial charge >= 0.3 is 0 Å². The van der Waals surface area contributed by atoms with Crippen molar-refractivity contribution >= 4 is 0 Å². The fraction of sp³-hybridized carbons (Fsp3) is 1.00. The molecule has 1 atom stereocenters. The average Bonchev–Trinajstić information content (AvgIpc) is 1.85. The summed E-state index contributed by atoms with van der Waals surface area (Å²) in [5, 5.41) is 3.26. The molecule has 0 spiro atoms. The summed E-state index contributed by atoms with van der Waals surface area (Å²) >= 11 is 0. The fourth-order valence-corrected chi connectivity index (χ4v) is 0.800. The molecule has 2 heteroatoms. The molecule has 0 radical (unpaired) electrons. The highest BCUT2D eigenvalue weighted by atomic mass is 15.0. The zero-order chi connectivity index (χ0) is 7.98. The van der Waals surface area contributed by atoms with Crippen LogP contribution >= 0.6 is 0 Å². The van der Waals surface area contributed by atoms with Crippen LogP contribution in [0.1, 0.15) is 33.6 Å². The van der Waals surface area contributed by atoms with E-state index in [0.717, 1.165) is 19.4 Å². The molecule has 0 aliphatic heterocycles. The van der Waals surface area contributed by atoms with Crippen molar-refractivity contribution in [1.82, 2.24) is 5.32 Å².